The number of fused-ring (bicyclic) bond motifs is 1. The third kappa shape index (κ3) is 5.22. The van der Waals surface area contributed by atoms with E-state index in [4.69, 9.17) is 18.5 Å². The van der Waals surface area contributed by atoms with Gasteiger partial charge in [0.2, 0.25) is 0 Å². The quantitative estimate of drug-likeness (QED) is 0.392. The fourth-order valence-electron chi connectivity index (χ4n) is 2.98. The summed E-state index contributed by atoms with van der Waals surface area (Å²) in [7, 11) is -3.58. The Hall–Kier alpha value is -3.37. The number of hydrogen-bond acceptors (Lipinski definition) is 8. The first kappa shape index (κ1) is 20.9. The molecule has 10 heteroatoms. The van der Waals surface area contributed by atoms with Crippen molar-refractivity contribution < 1.29 is 31.8 Å². The molecule has 0 aliphatic carbocycles. The average Bonchev–Trinajstić information content (AvgIpc) is 3.33. The number of carbonyl (C=O) groups is 1. The largest absolute Gasteiger partial charge is 0.487 e. The van der Waals surface area contributed by atoms with E-state index in [1.165, 1.54) is 23.5 Å². The van der Waals surface area contributed by atoms with Gasteiger partial charge in [-0.3, -0.25) is 4.79 Å². The van der Waals surface area contributed by atoms with Gasteiger partial charge in [-0.1, -0.05) is 5.16 Å². The van der Waals surface area contributed by atoms with Crippen LogP contribution in [0.3, 0.4) is 0 Å². The summed E-state index contributed by atoms with van der Waals surface area (Å²) in [5, 5.41) is 15.7. The van der Waals surface area contributed by atoms with Crippen molar-refractivity contribution in [1.82, 2.24) is 5.16 Å². The first-order valence-corrected chi connectivity index (χ1v) is 11.8. The number of nitrogens with zero attached hydrogens (tertiary/aromatic N) is 1. The number of hydrogen-bond donors (Lipinski definition) is 1. The van der Waals surface area contributed by atoms with Gasteiger partial charge >= 0.3 is 16.1 Å². The highest BCUT2D eigenvalue weighted by atomic mass is 32.2. The molecule has 1 N–H and O–H groups in total. The number of rotatable bonds is 8. The Morgan fingerprint density at radius 3 is 2.58 bits per heavy atom. The van der Waals surface area contributed by atoms with Gasteiger partial charge < -0.3 is 18.5 Å². The molecule has 4 aromatic rings. The van der Waals surface area contributed by atoms with Crippen LogP contribution in [0.5, 0.6) is 11.5 Å². The molecule has 0 fully saturated rings. The summed E-state index contributed by atoms with van der Waals surface area (Å²) in [6, 6.07) is 13.7. The molecule has 160 valence electrons. The van der Waals surface area contributed by atoms with Crippen LogP contribution in [0, 0.1) is 0 Å². The molecule has 0 amide bonds. The number of carboxylic acids is 1. The topological polar surface area (TPSA) is 116 Å². The number of aromatic nitrogens is 1. The lowest BCUT2D eigenvalue weighted by Gasteiger charge is -2.04. The molecule has 0 aliphatic heterocycles. The molecule has 0 bridgehead atoms. The van der Waals surface area contributed by atoms with Gasteiger partial charge in [0.25, 0.3) is 0 Å². The van der Waals surface area contributed by atoms with E-state index in [0.29, 0.717) is 22.8 Å². The normalized spacial score (nSPS) is 11.5. The van der Waals surface area contributed by atoms with Crippen molar-refractivity contribution in [1.29, 1.82) is 0 Å². The third-order valence-corrected chi connectivity index (χ3v) is 5.79. The van der Waals surface area contributed by atoms with Gasteiger partial charge in [0.15, 0.2) is 5.76 Å². The van der Waals surface area contributed by atoms with E-state index in [-0.39, 0.29) is 18.8 Å². The molecule has 2 aromatic heterocycles. The third-order valence-electron chi connectivity index (χ3n) is 4.30. The van der Waals surface area contributed by atoms with Crippen LogP contribution in [0.2, 0.25) is 0 Å². The van der Waals surface area contributed by atoms with Crippen molar-refractivity contribution in [3.8, 4) is 22.8 Å². The van der Waals surface area contributed by atoms with E-state index in [1.54, 1.807) is 24.3 Å². The average molecular weight is 460 g/mol. The zero-order valence-corrected chi connectivity index (χ0v) is 17.9. The highest BCUT2D eigenvalue weighted by Gasteiger charge is 2.11. The molecular formula is C21H17NO7S2. The molecule has 0 saturated heterocycles. The van der Waals surface area contributed by atoms with Gasteiger partial charge in [-0.15, -0.1) is 11.3 Å². The van der Waals surface area contributed by atoms with Crippen molar-refractivity contribution in [2.24, 2.45) is 0 Å². The molecule has 2 aromatic carbocycles. The van der Waals surface area contributed by atoms with Crippen molar-refractivity contribution >= 4 is 37.5 Å². The SMILES string of the molecule is CS(=O)(=O)Oc1ccc(-c2cc(COc3ccc4c(CC(=O)O)csc4c3)no2)cc1. The minimum Gasteiger partial charge on any atom is -0.487 e. The van der Waals surface area contributed by atoms with Crippen LogP contribution in [-0.4, -0.2) is 30.9 Å². The molecule has 2 heterocycles. The Kier molecular flexibility index (Phi) is 5.66. The lowest BCUT2D eigenvalue weighted by atomic mass is 10.1. The predicted molar refractivity (Wildman–Crippen MR) is 115 cm³/mol. The van der Waals surface area contributed by atoms with Crippen molar-refractivity contribution in [2.45, 2.75) is 13.0 Å². The van der Waals surface area contributed by atoms with E-state index in [0.717, 1.165) is 21.9 Å². The molecule has 0 aliphatic rings. The number of aliphatic carboxylic acids is 1. The molecule has 0 atom stereocenters. The second kappa shape index (κ2) is 8.40. The Labute approximate surface area is 181 Å². The van der Waals surface area contributed by atoms with Crippen LogP contribution in [0.25, 0.3) is 21.4 Å². The highest BCUT2D eigenvalue weighted by Crippen LogP contribution is 2.30. The summed E-state index contributed by atoms with van der Waals surface area (Å²) in [6.45, 7) is 0.192. The smallest absolute Gasteiger partial charge is 0.307 e. The maximum Gasteiger partial charge on any atom is 0.307 e. The fraction of sp³-hybridized carbons (Fsp3) is 0.143. The first-order chi connectivity index (χ1) is 14.8. The minimum atomic E-state index is -3.58. The van der Waals surface area contributed by atoms with Crippen LogP contribution in [-0.2, 0) is 27.9 Å². The number of thiophene rings is 1. The predicted octanol–water partition coefficient (Wildman–Crippen LogP) is 4.10. The summed E-state index contributed by atoms with van der Waals surface area (Å²) in [5.41, 5.74) is 2.09. The number of benzene rings is 2. The molecule has 8 nitrogen and oxygen atoms in total. The van der Waals surface area contributed by atoms with E-state index in [2.05, 4.69) is 5.16 Å². The van der Waals surface area contributed by atoms with Gasteiger partial charge in [0.1, 0.15) is 23.8 Å². The Morgan fingerprint density at radius 2 is 1.87 bits per heavy atom. The second-order valence-corrected chi connectivity index (χ2v) is 9.26. The van der Waals surface area contributed by atoms with E-state index in [1.807, 2.05) is 17.5 Å². The van der Waals surface area contributed by atoms with Crippen LogP contribution in [0.15, 0.2) is 58.4 Å². The van der Waals surface area contributed by atoms with Crippen molar-refractivity contribution in [3.63, 3.8) is 0 Å². The van der Waals surface area contributed by atoms with Crippen molar-refractivity contribution in [2.75, 3.05) is 6.26 Å². The van der Waals surface area contributed by atoms with Crippen LogP contribution in [0.1, 0.15) is 11.3 Å². The number of ether oxygens (including phenoxy) is 1. The van der Waals surface area contributed by atoms with E-state index >= 15 is 0 Å². The van der Waals surface area contributed by atoms with Gasteiger partial charge in [-0.2, -0.15) is 8.42 Å². The maximum atomic E-state index is 11.2. The van der Waals surface area contributed by atoms with Crippen LogP contribution >= 0.6 is 11.3 Å². The molecule has 0 radical (unpaired) electrons. The summed E-state index contributed by atoms with van der Waals surface area (Å²) >= 11 is 1.47. The van der Waals surface area contributed by atoms with E-state index < -0.39 is 16.1 Å². The standard InChI is InChI=1S/C21H17NO7S2/c1-31(25,26)29-16-4-2-13(3-5-16)19-9-15(22-28-19)11-27-17-6-7-18-14(8-21(23)24)12-30-20(18)10-17/h2-7,9-10,12H,8,11H2,1H3,(H,23,24). The Morgan fingerprint density at radius 1 is 1.13 bits per heavy atom. The van der Waals surface area contributed by atoms with Crippen LogP contribution in [0.4, 0.5) is 0 Å². The zero-order valence-electron chi connectivity index (χ0n) is 16.3. The molecule has 4 rings (SSSR count). The molecule has 31 heavy (non-hydrogen) atoms. The summed E-state index contributed by atoms with van der Waals surface area (Å²) in [4.78, 5) is 10.9. The lowest BCUT2D eigenvalue weighted by molar-refractivity contribution is -0.136. The molecule has 0 unspecified atom stereocenters. The van der Waals surface area contributed by atoms with Gasteiger partial charge in [-0.25, -0.2) is 0 Å². The van der Waals surface area contributed by atoms with Crippen LogP contribution < -0.4 is 8.92 Å². The molecule has 0 spiro atoms. The van der Waals surface area contributed by atoms with Gasteiger partial charge in [0, 0.05) is 16.3 Å². The lowest BCUT2D eigenvalue weighted by Crippen LogP contribution is -2.05. The summed E-state index contributed by atoms with van der Waals surface area (Å²) in [5.74, 6) is 0.504. The first-order valence-electron chi connectivity index (χ1n) is 9.07. The van der Waals surface area contributed by atoms with Gasteiger partial charge in [-0.05, 0) is 58.8 Å². The monoisotopic (exact) mass is 459 g/mol. The maximum absolute atomic E-state index is 11.2. The zero-order chi connectivity index (χ0) is 22.0. The van der Waals surface area contributed by atoms with E-state index in [9.17, 15) is 13.2 Å². The second-order valence-electron chi connectivity index (χ2n) is 6.77. The fourth-order valence-corrected chi connectivity index (χ4v) is 4.43. The van der Waals surface area contributed by atoms with Crippen molar-refractivity contribution in [3.05, 3.63) is 65.2 Å². The molecule has 0 saturated carbocycles. The highest BCUT2D eigenvalue weighted by molar-refractivity contribution is 7.86. The number of carboxylic acid groups (broad SMARTS) is 1. The minimum absolute atomic E-state index is 0.0106. The Balaban J connectivity index is 1.42. The van der Waals surface area contributed by atoms with Gasteiger partial charge in [0.05, 0.1) is 12.7 Å². The molecular weight excluding hydrogens is 442 g/mol. The summed E-state index contributed by atoms with van der Waals surface area (Å²) in [6.07, 6.45) is 0.970. The summed E-state index contributed by atoms with van der Waals surface area (Å²) < 4.78 is 39.3. The Bertz CT molecular complexity index is 1340.